The minimum Gasteiger partial charge on any atom is -0.274 e. The minimum atomic E-state index is -0.267. The van der Waals surface area contributed by atoms with Gasteiger partial charge in [-0.15, -0.1) is 0 Å². The van der Waals surface area contributed by atoms with Gasteiger partial charge in [-0.1, -0.05) is 12.1 Å². The highest BCUT2D eigenvalue weighted by Crippen LogP contribution is 2.17. The van der Waals surface area contributed by atoms with Crippen LogP contribution >= 0.6 is 0 Å². The first kappa shape index (κ1) is 15.0. The first-order chi connectivity index (χ1) is 9.97. The van der Waals surface area contributed by atoms with E-state index in [1.807, 2.05) is 48.5 Å². The predicted octanol–water partition coefficient (Wildman–Crippen LogP) is 1.45. The van der Waals surface area contributed by atoms with E-state index < -0.39 is 0 Å². The molecule has 0 aliphatic carbocycles. The van der Waals surface area contributed by atoms with Crippen molar-refractivity contribution in [3.63, 3.8) is 0 Å². The molecule has 2 amide bonds. The van der Waals surface area contributed by atoms with E-state index in [4.69, 9.17) is 0 Å². The van der Waals surface area contributed by atoms with Crippen molar-refractivity contribution in [1.82, 2.24) is 4.57 Å². The molecule has 0 atom stereocenters. The Labute approximate surface area is 124 Å². The second-order valence-corrected chi connectivity index (χ2v) is 5.11. The number of aryl methyl sites for hydroxylation is 3. The van der Waals surface area contributed by atoms with E-state index in [1.54, 1.807) is 6.07 Å². The van der Waals surface area contributed by atoms with Gasteiger partial charge in [0, 0.05) is 20.3 Å². The van der Waals surface area contributed by atoms with E-state index in [0.29, 0.717) is 5.69 Å². The van der Waals surface area contributed by atoms with E-state index in [-0.39, 0.29) is 11.8 Å². The van der Waals surface area contributed by atoms with E-state index in [0.717, 1.165) is 18.5 Å². The fraction of sp³-hybridized carbons (Fsp3) is 0.312. The lowest BCUT2D eigenvalue weighted by molar-refractivity contribution is -0.671. The van der Waals surface area contributed by atoms with Crippen molar-refractivity contribution in [3.05, 3.63) is 48.5 Å². The highest BCUT2D eigenvalue weighted by molar-refractivity contribution is 6.13. The summed E-state index contributed by atoms with van der Waals surface area (Å²) in [6, 6.07) is 7.55. The molecule has 0 aliphatic heterocycles. The molecule has 0 bridgehead atoms. The molecular formula is C16H20N3O2+. The number of amides is 2. The third-order valence-electron chi connectivity index (χ3n) is 3.28. The van der Waals surface area contributed by atoms with Gasteiger partial charge in [-0.2, -0.15) is 0 Å². The van der Waals surface area contributed by atoms with Crippen molar-refractivity contribution in [3.8, 4) is 0 Å². The number of imidazole rings is 1. The van der Waals surface area contributed by atoms with Gasteiger partial charge in [0.05, 0.1) is 19.3 Å². The topological polar surface area (TPSA) is 46.2 Å². The summed E-state index contributed by atoms with van der Waals surface area (Å²) in [4.78, 5) is 24.3. The normalized spacial score (nSPS) is 10.4. The first-order valence-corrected chi connectivity index (χ1v) is 6.88. The van der Waals surface area contributed by atoms with Crippen LogP contribution < -0.4 is 9.47 Å². The minimum absolute atomic E-state index is 0.267. The molecule has 0 fully saturated rings. The maximum absolute atomic E-state index is 11.6. The van der Waals surface area contributed by atoms with Gasteiger partial charge in [-0.25, -0.2) is 9.13 Å². The van der Waals surface area contributed by atoms with Gasteiger partial charge >= 0.3 is 0 Å². The zero-order valence-corrected chi connectivity index (χ0v) is 12.6. The number of hydrogen-bond acceptors (Lipinski definition) is 2. The molecule has 1 aromatic carbocycles. The lowest BCUT2D eigenvalue weighted by Gasteiger charge is -2.17. The van der Waals surface area contributed by atoms with Crippen molar-refractivity contribution in [2.24, 2.45) is 7.05 Å². The van der Waals surface area contributed by atoms with Crippen molar-refractivity contribution in [2.75, 3.05) is 4.90 Å². The average molecular weight is 286 g/mol. The van der Waals surface area contributed by atoms with Crippen molar-refractivity contribution in [1.29, 1.82) is 0 Å². The summed E-state index contributed by atoms with van der Waals surface area (Å²) in [5, 5.41) is 0. The Hall–Kier alpha value is -2.43. The van der Waals surface area contributed by atoms with E-state index in [2.05, 4.69) is 4.57 Å². The number of carbonyl (C=O) groups excluding carboxylic acids is 2. The molecule has 0 aliphatic rings. The van der Waals surface area contributed by atoms with Crippen LogP contribution in [0.5, 0.6) is 0 Å². The Morgan fingerprint density at radius 2 is 1.95 bits per heavy atom. The van der Waals surface area contributed by atoms with Crippen LogP contribution in [0.2, 0.25) is 0 Å². The largest absolute Gasteiger partial charge is 0.274 e. The lowest BCUT2D eigenvalue weighted by atomic mass is 10.1. The van der Waals surface area contributed by atoms with Crippen molar-refractivity contribution in [2.45, 2.75) is 26.8 Å². The number of nitrogens with zero attached hydrogens (tertiary/aromatic N) is 3. The zero-order chi connectivity index (χ0) is 15.4. The van der Waals surface area contributed by atoms with Crippen LogP contribution in [0.15, 0.2) is 43.0 Å². The molecule has 2 aromatic rings. The Bertz CT molecular complexity index is 647. The van der Waals surface area contributed by atoms with Crippen LogP contribution in [0.4, 0.5) is 5.69 Å². The van der Waals surface area contributed by atoms with Crippen LogP contribution in [-0.4, -0.2) is 16.4 Å². The maximum Gasteiger partial charge on any atom is 0.243 e. The number of imide groups is 1. The molecule has 2 rings (SSSR count). The molecule has 0 saturated heterocycles. The summed E-state index contributed by atoms with van der Waals surface area (Å²) >= 11 is 0. The molecular weight excluding hydrogens is 266 g/mol. The smallest absolute Gasteiger partial charge is 0.243 e. The van der Waals surface area contributed by atoms with E-state index in [1.165, 1.54) is 18.7 Å². The summed E-state index contributed by atoms with van der Waals surface area (Å²) in [6.45, 7) is 3.65. The molecule has 0 radical (unpaired) electrons. The second-order valence-electron chi connectivity index (χ2n) is 5.11. The Balaban J connectivity index is 2.13. The molecule has 0 unspecified atom stereocenters. The SMILES string of the molecule is CC(=O)N(C(C)=O)c1cccc(CCn2cc[n+](C)c2)c1. The van der Waals surface area contributed by atoms with E-state index >= 15 is 0 Å². The van der Waals surface area contributed by atoms with Crippen LogP contribution in [0.25, 0.3) is 0 Å². The van der Waals surface area contributed by atoms with Crippen LogP contribution in [-0.2, 0) is 29.6 Å². The molecule has 0 spiro atoms. The van der Waals surface area contributed by atoms with E-state index in [9.17, 15) is 9.59 Å². The fourth-order valence-electron chi connectivity index (χ4n) is 2.33. The zero-order valence-electron chi connectivity index (χ0n) is 12.6. The molecule has 110 valence electrons. The standard InChI is InChI=1S/C16H20N3O2/c1-13(20)19(14(2)21)16-6-4-5-15(11-16)7-8-18-10-9-17(3)12-18/h4-6,9-12H,7-8H2,1-3H3/q+1. The van der Waals surface area contributed by atoms with Gasteiger partial charge in [0.1, 0.15) is 12.4 Å². The monoisotopic (exact) mass is 286 g/mol. The van der Waals surface area contributed by atoms with Crippen LogP contribution in [0.1, 0.15) is 19.4 Å². The van der Waals surface area contributed by atoms with Gasteiger partial charge in [-0.05, 0) is 17.7 Å². The molecule has 5 heteroatoms. The number of carbonyl (C=O) groups is 2. The number of aromatic nitrogens is 2. The first-order valence-electron chi connectivity index (χ1n) is 6.88. The number of rotatable bonds is 4. The van der Waals surface area contributed by atoms with Gasteiger partial charge in [-0.3, -0.25) is 14.5 Å². The lowest BCUT2D eigenvalue weighted by Crippen LogP contribution is -2.33. The molecule has 1 aromatic heterocycles. The highest BCUT2D eigenvalue weighted by atomic mass is 16.2. The van der Waals surface area contributed by atoms with Gasteiger partial charge in [0.25, 0.3) is 0 Å². The Kier molecular flexibility index (Phi) is 4.52. The van der Waals surface area contributed by atoms with Crippen molar-refractivity contribution >= 4 is 17.5 Å². The molecule has 1 heterocycles. The Morgan fingerprint density at radius 3 is 2.52 bits per heavy atom. The third-order valence-corrected chi connectivity index (χ3v) is 3.28. The van der Waals surface area contributed by atoms with Gasteiger partial charge < -0.3 is 0 Å². The number of hydrogen-bond donors (Lipinski definition) is 0. The number of anilines is 1. The second kappa shape index (κ2) is 6.35. The quantitative estimate of drug-likeness (QED) is 0.799. The van der Waals surface area contributed by atoms with Crippen LogP contribution in [0, 0.1) is 0 Å². The van der Waals surface area contributed by atoms with Gasteiger partial charge in [0.2, 0.25) is 18.1 Å². The maximum atomic E-state index is 11.6. The third kappa shape index (κ3) is 3.78. The number of benzene rings is 1. The predicted molar refractivity (Wildman–Crippen MR) is 79.6 cm³/mol. The highest BCUT2D eigenvalue weighted by Gasteiger charge is 2.16. The van der Waals surface area contributed by atoms with Gasteiger partial charge in [0.15, 0.2) is 0 Å². The summed E-state index contributed by atoms with van der Waals surface area (Å²) in [5.74, 6) is -0.533. The molecule has 0 saturated carbocycles. The molecule has 5 nitrogen and oxygen atoms in total. The fourth-order valence-corrected chi connectivity index (χ4v) is 2.33. The summed E-state index contributed by atoms with van der Waals surface area (Å²) in [6.07, 6.45) is 6.86. The van der Waals surface area contributed by atoms with Crippen LogP contribution in [0.3, 0.4) is 0 Å². The molecule has 21 heavy (non-hydrogen) atoms. The Morgan fingerprint density at radius 1 is 1.24 bits per heavy atom. The summed E-state index contributed by atoms with van der Waals surface area (Å²) in [5.41, 5.74) is 1.72. The average Bonchev–Trinajstić information content (AvgIpc) is 2.82. The molecule has 0 N–H and O–H groups in total. The summed E-state index contributed by atoms with van der Waals surface area (Å²) < 4.78 is 4.09. The van der Waals surface area contributed by atoms with Crippen molar-refractivity contribution < 1.29 is 14.2 Å². The summed E-state index contributed by atoms with van der Waals surface area (Å²) in [7, 11) is 1.98.